The minimum Gasteiger partial charge on any atom is -0.455 e. The molecule has 0 amide bonds. The third-order valence-corrected chi connectivity index (χ3v) is 16.0. The fourth-order valence-corrected chi connectivity index (χ4v) is 13.0. The number of para-hydroxylation sites is 2. The van der Waals surface area contributed by atoms with Gasteiger partial charge >= 0.3 is 0 Å². The van der Waals surface area contributed by atoms with E-state index < -0.39 is 0 Å². The standard InChI is InChI=1S/C65H40BNO2/c1-37-50-32-41-21-9-8-20-40(41)28-44(50)33-56-63(37)67(45-30-42(38-16-4-2-5-17-38)29-43(31-45)39-18-6-3-7-19-39)57-36-54-48-24-13-15-27-59(48)69-65(54)61-51-34-53-47-23-12-14-26-58(47)68-64(53)60-49-25-11-10-22-46(49)55(35-52(51)60)66(56)62(57)61/h2-34,36,55H,35H2,1H3. The van der Waals surface area contributed by atoms with E-state index in [4.69, 9.17) is 8.83 Å². The van der Waals surface area contributed by atoms with Crippen molar-refractivity contribution in [1.29, 1.82) is 0 Å². The van der Waals surface area contributed by atoms with E-state index >= 15 is 0 Å². The molecule has 4 bridgehead atoms. The van der Waals surface area contributed by atoms with Crippen LogP contribution in [-0.2, 0) is 6.42 Å². The highest BCUT2D eigenvalue weighted by atomic mass is 16.3. The van der Waals surface area contributed by atoms with Crippen LogP contribution in [0.1, 0.15) is 22.5 Å². The maximum absolute atomic E-state index is 7.27. The molecule has 3 nitrogen and oxygen atoms in total. The molecular formula is C65H40BNO2. The van der Waals surface area contributed by atoms with Crippen molar-refractivity contribution in [2.75, 3.05) is 4.90 Å². The van der Waals surface area contributed by atoms with Gasteiger partial charge in [-0.2, -0.15) is 0 Å². The van der Waals surface area contributed by atoms with Gasteiger partial charge < -0.3 is 13.7 Å². The van der Waals surface area contributed by atoms with Crippen molar-refractivity contribution in [1.82, 2.24) is 0 Å². The van der Waals surface area contributed by atoms with Crippen molar-refractivity contribution in [2.24, 2.45) is 0 Å². The highest BCUT2D eigenvalue weighted by molar-refractivity contribution is 6.91. The van der Waals surface area contributed by atoms with Crippen LogP contribution < -0.4 is 15.8 Å². The lowest BCUT2D eigenvalue weighted by atomic mass is 9.29. The van der Waals surface area contributed by atoms with Crippen molar-refractivity contribution < 1.29 is 8.83 Å². The van der Waals surface area contributed by atoms with E-state index in [1.807, 2.05) is 0 Å². The van der Waals surface area contributed by atoms with Gasteiger partial charge in [-0.15, -0.1) is 0 Å². The number of nitrogens with zero attached hydrogens (tertiary/aromatic N) is 1. The van der Waals surface area contributed by atoms with Crippen molar-refractivity contribution in [3.05, 3.63) is 223 Å². The van der Waals surface area contributed by atoms with E-state index in [0.717, 1.165) is 56.0 Å². The summed E-state index contributed by atoms with van der Waals surface area (Å²) in [5.74, 6) is 0.129. The molecule has 16 rings (SSSR count). The Morgan fingerprint density at radius 3 is 1.77 bits per heavy atom. The Kier molecular flexibility index (Phi) is 7.47. The number of aryl methyl sites for hydroxylation is 1. The lowest BCUT2D eigenvalue weighted by Gasteiger charge is -2.42. The minimum absolute atomic E-state index is 0.0101. The second-order valence-electron chi connectivity index (χ2n) is 19.5. The molecule has 320 valence electrons. The van der Waals surface area contributed by atoms with E-state index in [-0.39, 0.29) is 12.5 Å². The predicted molar refractivity (Wildman–Crippen MR) is 289 cm³/mol. The van der Waals surface area contributed by atoms with Crippen molar-refractivity contribution in [2.45, 2.75) is 19.2 Å². The van der Waals surface area contributed by atoms with Crippen molar-refractivity contribution in [3.63, 3.8) is 0 Å². The first-order valence-corrected chi connectivity index (χ1v) is 24.2. The van der Waals surface area contributed by atoms with Gasteiger partial charge in [0.25, 0.3) is 0 Å². The summed E-state index contributed by atoms with van der Waals surface area (Å²) in [5.41, 5.74) is 23.6. The lowest BCUT2D eigenvalue weighted by molar-refractivity contribution is 0.667. The largest absolute Gasteiger partial charge is 0.455 e. The SMILES string of the molecule is Cc1c2c(cc3cc4ccccc4cc13)B1c3c(cc4c(oc5ccccc54)c3-c3cc4c(oc5ccccc54)c4c3CC1c1ccccc1-4)N2c1cc(-c2ccccc2)cc(-c2ccccc2)c1. The molecule has 1 unspecified atom stereocenters. The molecule has 0 radical (unpaired) electrons. The van der Waals surface area contributed by atoms with Gasteiger partial charge in [0.1, 0.15) is 22.3 Å². The average Bonchev–Trinajstić information content (AvgIpc) is 3.93. The monoisotopic (exact) mass is 877 g/mol. The minimum atomic E-state index is -0.0101. The maximum Gasteiger partial charge on any atom is 0.223 e. The second kappa shape index (κ2) is 13.7. The Hall–Kier alpha value is -8.60. The molecule has 3 aliphatic rings. The number of hydrogen-bond acceptors (Lipinski definition) is 3. The normalized spacial score (nSPS) is 14.5. The van der Waals surface area contributed by atoms with Crippen LogP contribution in [-0.4, -0.2) is 6.71 Å². The number of furan rings is 2. The molecule has 69 heavy (non-hydrogen) atoms. The molecule has 0 fully saturated rings. The van der Waals surface area contributed by atoms with Gasteiger partial charge in [-0.1, -0.05) is 152 Å². The van der Waals surface area contributed by atoms with Gasteiger partial charge in [0, 0.05) is 49.7 Å². The van der Waals surface area contributed by atoms with Crippen LogP contribution in [0.2, 0.25) is 0 Å². The maximum atomic E-state index is 7.27. The van der Waals surface area contributed by atoms with Crippen LogP contribution in [0.4, 0.5) is 17.1 Å². The first-order chi connectivity index (χ1) is 34.1. The molecule has 2 aliphatic heterocycles. The molecule has 0 spiro atoms. The smallest absolute Gasteiger partial charge is 0.223 e. The van der Waals surface area contributed by atoms with Crippen molar-refractivity contribution >= 4 is 100 Å². The van der Waals surface area contributed by atoms with Crippen LogP contribution in [0.3, 0.4) is 0 Å². The molecule has 0 saturated carbocycles. The van der Waals surface area contributed by atoms with Crippen LogP contribution in [0.15, 0.2) is 215 Å². The van der Waals surface area contributed by atoms with Gasteiger partial charge in [0.2, 0.25) is 6.71 Å². The predicted octanol–water partition coefficient (Wildman–Crippen LogP) is 16.4. The number of fused-ring (bicyclic) bond motifs is 13. The van der Waals surface area contributed by atoms with Crippen LogP contribution >= 0.6 is 0 Å². The Bertz CT molecular complexity index is 4310. The Balaban J connectivity index is 1.12. The number of anilines is 3. The molecule has 1 atom stereocenters. The summed E-state index contributed by atoms with van der Waals surface area (Å²) >= 11 is 0. The first-order valence-electron chi connectivity index (χ1n) is 24.2. The number of rotatable bonds is 3. The van der Waals surface area contributed by atoms with Crippen LogP contribution in [0, 0.1) is 6.92 Å². The van der Waals surface area contributed by atoms with Gasteiger partial charge in [-0.3, -0.25) is 0 Å². The van der Waals surface area contributed by atoms with E-state index in [0.29, 0.717) is 0 Å². The number of benzene rings is 11. The number of hydrogen-bond donors (Lipinski definition) is 0. The fraction of sp³-hybridized carbons (Fsp3) is 0.0462. The summed E-state index contributed by atoms with van der Waals surface area (Å²) in [7, 11) is 0. The second-order valence-corrected chi connectivity index (χ2v) is 19.5. The third-order valence-electron chi connectivity index (χ3n) is 16.0. The van der Waals surface area contributed by atoms with Crippen LogP contribution in [0.5, 0.6) is 0 Å². The highest BCUT2D eigenvalue weighted by Gasteiger charge is 2.48. The zero-order valence-electron chi connectivity index (χ0n) is 37.8. The van der Waals surface area contributed by atoms with Gasteiger partial charge in [-0.25, -0.2) is 0 Å². The zero-order valence-corrected chi connectivity index (χ0v) is 37.8. The molecule has 13 aromatic rings. The third kappa shape index (κ3) is 5.13. The lowest BCUT2D eigenvalue weighted by Crippen LogP contribution is -2.55. The highest BCUT2D eigenvalue weighted by Crippen LogP contribution is 2.56. The van der Waals surface area contributed by atoms with E-state index in [9.17, 15) is 0 Å². The van der Waals surface area contributed by atoms with Crippen LogP contribution in [0.25, 0.3) is 110 Å². The van der Waals surface area contributed by atoms with E-state index in [1.54, 1.807) is 0 Å². The molecule has 4 heteroatoms. The van der Waals surface area contributed by atoms with E-state index in [2.05, 4.69) is 218 Å². The van der Waals surface area contributed by atoms with E-state index in [1.165, 1.54) is 105 Å². The van der Waals surface area contributed by atoms with Gasteiger partial charge in [0.15, 0.2) is 0 Å². The molecule has 1 aliphatic carbocycles. The molecular weight excluding hydrogens is 838 g/mol. The first kappa shape index (κ1) is 37.5. The summed E-state index contributed by atoms with van der Waals surface area (Å²) in [6, 6.07) is 76.5. The molecule has 4 heterocycles. The summed E-state index contributed by atoms with van der Waals surface area (Å²) in [6.07, 6.45) is 0.866. The summed E-state index contributed by atoms with van der Waals surface area (Å²) in [5, 5.41) is 9.54. The Morgan fingerprint density at radius 1 is 0.464 bits per heavy atom. The molecule has 2 aromatic heterocycles. The molecule has 0 saturated heterocycles. The zero-order chi connectivity index (χ0) is 45.1. The molecule has 0 N–H and O–H groups in total. The van der Waals surface area contributed by atoms with Gasteiger partial charge in [-0.05, 0) is 156 Å². The Labute approximate surface area is 398 Å². The average molecular weight is 878 g/mol. The van der Waals surface area contributed by atoms with Gasteiger partial charge in [0.05, 0.1) is 0 Å². The fourth-order valence-electron chi connectivity index (χ4n) is 13.0. The van der Waals surface area contributed by atoms with Crippen molar-refractivity contribution in [3.8, 4) is 44.5 Å². The topological polar surface area (TPSA) is 29.5 Å². The summed E-state index contributed by atoms with van der Waals surface area (Å²) < 4.78 is 14.2. The summed E-state index contributed by atoms with van der Waals surface area (Å²) in [6.45, 7) is 2.36. The molecule has 11 aromatic carbocycles. The summed E-state index contributed by atoms with van der Waals surface area (Å²) in [4.78, 5) is 2.65. The quantitative estimate of drug-likeness (QED) is 0.131. The Morgan fingerprint density at radius 2 is 1.06 bits per heavy atom.